The molecule has 0 aromatic heterocycles. The van der Waals surface area contributed by atoms with Gasteiger partial charge < -0.3 is 9.47 Å². The van der Waals surface area contributed by atoms with Crippen molar-refractivity contribution >= 4 is 22.0 Å². The molecule has 0 saturated heterocycles. The summed E-state index contributed by atoms with van der Waals surface area (Å²) in [6.45, 7) is 10.9. The molecule has 0 aromatic rings. The van der Waals surface area contributed by atoms with Gasteiger partial charge in [-0.25, -0.2) is 12.7 Å². The fraction of sp³-hybridized carbons (Fsp3) is 0.913. The van der Waals surface area contributed by atoms with Gasteiger partial charge in [0.05, 0.1) is 12.9 Å². The molecule has 8 heteroatoms. The van der Waals surface area contributed by atoms with Crippen molar-refractivity contribution in [1.82, 2.24) is 4.31 Å². The molecular weight excluding hydrogens is 418 g/mol. The number of carbonyl (C=O) groups is 2. The van der Waals surface area contributed by atoms with Crippen LogP contribution in [0.5, 0.6) is 0 Å². The molecule has 1 atom stereocenters. The Morgan fingerprint density at radius 2 is 1.58 bits per heavy atom. The maximum Gasteiger partial charge on any atom is 0.305 e. The summed E-state index contributed by atoms with van der Waals surface area (Å²) >= 11 is 0. The molecule has 0 amide bonds. The maximum absolute atomic E-state index is 12.2. The molecular formula is C23H45NO6S. The molecule has 0 aromatic carbocycles. The van der Waals surface area contributed by atoms with Crippen molar-refractivity contribution in [1.29, 1.82) is 0 Å². The molecule has 0 aliphatic carbocycles. The van der Waals surface area contributed by atoms with Crippen molar-refractivity contribution in [3.8, 4) is 0 Å². The normalized spacial score (nSPS) is 13.3. The zero-order chi connectivity index (χ0) is 23.9. The average Bonchev–Trinajstić information content (AvgIpc) is 2.65. The van der Waals surface area contributed by atoms with Gasteiger partial charge in [0.15, 0.2) is 0 Å². The highest BCUT2D eigenvalue weighted by atomic mass is 32.2. The van der Waals surface area contributed by atoms with E-state index in [0.29, 0.717) is 39.0 Å². The lowest BCUT2D eigenvalue weighted by Crippen LogP contribution is -2.36. The van der Waals surface area contributed by atoms with Crippen LogP contribution in [0.2, 0.25) is 0 Å². The van der Waals surface area contributed by atoms with Gasteiger partial charge in [0.1, 0.15) is 6.10 Å². The molecule has 0 aliphatic heterocycles. The van der Waals surface area contributed by atoms with Gasteiger partial charge in [-0.3, -0.25) is 9.59 Å². The van der Waals surface area contributed by atoms with E-state index in [0.717, 1.165) is 44.9 Å². The number of hydrogen-bond acceptors (Lipinski definition) is 6. The van der Waals surface area contributed by atoms with Crippen LogP contribution in [-0.2, 0) is 29.1 Å². The Kier molecular flexibility index (Phi) is 15.0. The summed E-state index contributed by atoms with van der Waals surface area (Å²) < 4.78 is 36.4. The molecule has 0 rings (SSSR count). The zero-order valence-electron chi connectivity index (χ0n) is 20.6. The van der Waals surface area contributed by atoms with E-state index in [1.807, 2.05) is 0 Å². The van der Waals surface area contributed by atoms with E-state index in [9.17, 15) is 18.0 Å². The van der Waals surface area contributed by atoms with Crippen molar-refractivity contribution < 1.29 is 27.5 Å². The predicted octanol–water partition coefficient (Wildman–Crippen LogP) is 4.69. The van der Waals surface area contributed by atoms with Gasteiger partial charge in [0, 0.05) is 31.8 Å². The summed E-state index contributed by atoms with van der Waals surface area (Å²) in [6.07, 6.45) is 9.07. The molecule has 0 bridgehead atoms. The number of carbonyl (C=O) groups excluding carboxylic acids is 2. The molecule has 1 unspecified atom stereocenters. The summed E-state index contributed by atoms with van der Waals surface area (Å²) in [5.41, 5.74) is -0.142. The Morgan fingerprint density at radius 3 is 2.13 bits per heavy atom. The van der Waals surface area contributed by atoms with E-state index in [1.165, 1.54) is 17.5 Å². The fourth-order valence-corrected chi connectivity index (χ4v) is 4.57. The Hall–Kier alpha value is -1.15. The molecule has 7 nitrogen and oxygen atoms in total. The SMILES string of the molecule is CCCCC(C)(C)C(CCCN(CCCCCCC(=O)OCC)S(C)(=O)=O)OC(C)=O. The summed E-state index contributed by atoms with van der Waals surface area (Å²) in [5.74, 6) is -0.471. The molecule has 0 spiro atoms. The van der Waals surface area contributed by atoms with Gasteiger partial charge in [0.2, 0.25) is 10.0 Å². The Labute approximate surface area is 190 Å². The van der Waals surface area contributed by atoms with Crippen LogP contribution in [0.15, 0.2) is 0 Å². The third-order valence-corrected chi connectivity index (χ3v) is 6.84. The quantitative estimate of drug-likeness (QED) is 0.216. The van der Waals surface area contributed by atoms with Crippen molar-refractivity contribution in [2.45, 2.75) is 105 Å². The highest BCUT2D eigenvalue weighted by Gasteiger charge is 2.31. The first-order valence-corrected chi connectivity index (χ1v) is 13.6. The van der Waals surface area contributed by atoms with Gasteiger partial charge in [0.25, 0.3) is 0 Å². The largest absolute Gasteiger partial charge is 0.466 e. The topological polar surface area (TPSA) is 90.0 Å². The molecule has 184 valence electrons. The van der Waals surface area contributed by atoms with E-state index in [1.54, 1.807) is 6.92 Å². The first kappa shape index (κ1) is 29.9. The predicted molar refractivity (Wildman–Crippen MR) is 124 cm³/mol. The van der Waals surface area contributed by atoms with Crippen LogP contribution in [0.4, 0.5) is 0 Å². The van der Waals surface area contributed by atoms with Crippen LogP contribution in [0.3, 0.4) is 0 Å². The summed E-state index contributed by atoms with van der Waals surface area (Å²) in [6, 6.07) is 0. The number of ether oxygens (including phenoxy) is 2. The maximum atomic E-state index is 12.2. The van der Waals surface area contributed by atoms with Gasteiger partial charge in [-0.1, -0.05) is 46.5 Å². The standard InChI is InChI=1S/C23H45NO6S/c1-7-9-17-23(4,5)21(30-20(3)25)15-14-19-24(31(6,27)28)18-13-11-10-12-16-22(26)29-8-2/h21H,7-19H2,1-6H3. The Balaban J connectivity index is 4.57. The molecule has 31 heavy (non-hydrogen) atoms. The van der Waals surface area contributed by atoms with E-state index >= 15 is 0 Å². The van der Waals surface area contributed by atoms with Gasteiger partial charge in [-0.15, -0.1) is 0 Å². The minimum atomic E-state index is -3.30. The van der Waals surface area contributed by atoms with Crippen LogP contribution < -0.4 is 0 Å². The Morgan fingerprint density at radius 1 is 0.968 bits per heavy atom. The number of nitrogens with zero attached hydrogens (tertiary/aromatic N) is 1. The molecule has 0 aliphatic rings. The zero-order valence-corrected chi connectivity index (χ0v) is 21.4. The van der Waals surface area contributed by atoms with Gasteiger partial charge in [-0.05, 0) is 39.0 Å². The van der Waals surface area contributed by atoms with E-state index in [-0.39, 0.29) is 23.5 Å². The smallest absolute Gasteiger partial charge is 0.305 e. The second-order valence-corrected chi connectivity index (χ2v) is 10.9. The first-order chi connectivity index (χ1) is 14.4. The van der Waals surface area contributed by atoms with E-state index in [2.05, 4.69) is 20.8 Å². The second-order valence-electron chi connectivity index (χ2n) is 8.96. The monoisotopic (exact) mass is 463 g/mol. The summed E-state index contributed by atoms with van der Waals surface area (Å²) in [7, 11) is -3.30. The van der Waals surface area contributed by atoms with Crippen molar-refractivity contribution in [2.24, 2.45) is 5.41 Å². The lowest BCUT2D eigenvalue weighted by atomic mass is 9.79. The van der Waals surface area contributed by atoms with E-state index < -0.39 is 10.0 Å². The second kappa shape index (κ2) is 15.6. The van der Waals surface area contributed by atoms with Crippen molar-refractivity contribution in [3.63, 3.8) is 0 Å². The Bertz CT molecular complexity index is 618. The lowest BCUT2D eigenvalue weighted by molar-refractivity contribution is -0.153. The summed E-state index contributed by atoms with van der Waals surface area (Å²) in [5, 5.41) is 0. The number of hydrogen-bond donors (Lipinski definition) is 0. The molecule has 0 saturated carbocycles. The van der Waals surface area contributed by atoms with Crippen LogP contribution in [0, 0.1) is 5.41 Å². The van der Waals surface area contributed by atoms with Gasteiger partial charge in [-0.2, -0.15) is 0 Å². The molecule has 0 radical (unpaired) electrons. The third kappa shape index (κ3) is 14.5. The van der Waals surface area contributed by atoms with Crippen LogP contribution in [0.25, 0.3) is 0 Å². The molecule has 0 heterocycles. The highest BCUT2D eigenvalue weighted by molar-refractivity contribution is 7.88. The fourth-order valence-electron chi connectivity index (χ4n) is 3.64. The number of rotatable bonds is 18. The molecule has 0 fully saturated rings. The molecule has 0 N–H and O–H groups in total. The minimum Gasteiger partial charge on any atom is -0.466 e. The highest BCUT2D eigenvalue weighted by Crippen LogP contribution is 2.32. The number of sulfonamides is 1. The van der Waals surface area contributed by atoms with E-state index in [4.69, 9.17) is 9.47 Å². The average molecular weight is 464 g/mol. The number of unbranched alkanes of at least 4 members (excludes halogenated alkanes) is 4. The lowest BCUT2D eigenvalue weighted by Gasteiger charge is -2.34. The van der Waals surface area contributed by atoms with Gasteiger partial charge >= 0.3 is 11.9 Å². The first-order valence-electron chi connectivity index (χ1n) is 11.7. The minimum absolute atomic E-state index is 0.142. The summed E-state index contributed by atoms with van der Waals surface area (Å²) in [4.78, 5) is 22.9. The van der Waals surface area contributed by atoms with Crippen LogP contribution >= 0.6 is 0 Å². The van der Waals surface area contributed by atoms with Crippen LogP contribution in [-0.4, -0.2) is 56.7 Å². The number of esters is 2. The van der Waals surface area contributed by atoms with Crippen molar-refractivity contribution in [3.05, 3.63) is 0 Å². The van der Waals surface area contributed by atoms with Crippen molar-refractivity contribution in [2.75, 3.05) is 26.0 Å². The van der Waals surface area contributed by atoms with Crippen LogP contribution in [0.1, 0.15) is 98.8 Å². The third-order valence-electron chi connectivity index (χ3n) is 5.54.